The summed E-state index contributed by atoms with van der Waals surface area (Å²) in [5.74, 6) is -0.455. The van der Waals surface area contributed by atoms with Gasteiger partial charge in [-0.25, -0.2) is 4.98 Å². The van der Waals surface area contributed by atoms with Gasteiger partial charge in [0.15, 0.2) is 0 Å². The lowest BCUT2D eigenvalue weighted by Gasteiger charge is -2.29. The SMILES string of the molecule is Cc1sc2cc(C(N)=O)c(O[C@H]3CC[C@H](NC(=O)c4cccc(C#N)c4)CC3)nc2c1C. The zero-order chi connectivity index (χ0) is 22.8. The van der Waals surface area contributed by atoms with Crippen LogP contribution in [0.25, 0.3) is 10.2 Å². The number of nitrogens with one attached hydrogen (secondary N) is 1. The number of rotatable bonds is 5. The number of hydrogen-bond acceptors (Lipinski definition) is 6. The largest absolute Gasteiger partial charge is 0.474 e. The van der Waals surface area contributed by atoms with E-state index in [0.29, 0.717) is 16.7 Å². The molecule has 3 N–H and O–H groups in total. The molecule has 2 heterocycles. The number of hydrogen-bond donors (Lipinski definition) is 2. The highest BCUT2D eigenvalue weighted by Crippen LogP contribution is 2.34. The van der Waals surface area contributed by atoms with Crippen molar-refractivity contribution in [1.82, 2.24) is 10.3 Å². The van der Waals surface area contributed by atoms with Crippen LogP contribution in [-0.2, 0) is 0 Å². The van der Waals surface area contributed by atoms with Crippen molar-refractivity contribution in [2.75, 3.05) is 0 Å². The molecule has 1 aromatic carbocycles. The second-order valence-corrected chi connectivity index (χ2v) is 9.35. The molecule has 0 bridgehead atoms. The number of primary amides is 1. The number of ether oxygens (including phenoxy) is 1. The third-order valence-electron chi connectivity index (χ3n) is 5.91. The maximum atomic E-state index is 12.5. The van der Waals surface area contributed by atoms with Gasteiger partial charge in [-0.3, -0.25) is 9.59 Å². The lowest BCUT2D eigenvalue weighted by atomic mass is 9.92. The molecule has 0 aliphatic heterocycles. The van der Waals surface area contributed by atoms with Crippen molar-refractivity contribution in [3.05, 3.63) is 57.5 Å². The molecule has 0 unspecified atom stereocenters. The third-order valence-corrected chi connectivity index (χ3v) is 7.05. The first kappa shape index (κ1) is 21.8. The molecule has 3 aromatic rings. The number of thiophene rings is 1. The molecule has 0 atom stereocenters. The average Bonchev–Trinajstić information content (AvgIpc) is 3.07. The first-order valence-electron chi connectivity index (χ1n) is 10.5. The Bertz CT molecular complexity index is 1240. The predicted octanol–water partition coefficient (Wildman–Crippen LogP) is 4.00. The highest BCUT2D eigenvalue weighted by atomic mass is 32.1. The summed E-state index contributed by atoms with van der Waals surface area (Å²) >= 11 is 1.59. The summed E-state index contributed by atoms with van der Waals surface area (Å²) in [6.45, 7) is 4.04. The minimum Gasteiger partial charge on any atom is -0.474 e. The van der Waals surface area contributed by atoms with E-state index in [0.717, 1.165) is 46.3 Å². The Morgan fingerprint density at radius 1 is 1.22 bits per heavy atom. The summed E-state index contributed by atoms with van der Waals surface area (Å²) in [5.41, 5.74) is 8.74. The normalized spacial score (nSPS) is 18.2. The van der Waals surface area contributed by atoms with Gasteiger partial charge in [-0.1, -0.05) is 6.07 Å². The second kappa shape index (κ2) is 8.97. The fourth-order valence-electron chi connectivity index (χ4n) is 3.98. The number of carbonyl (C=O) groups is 2. The predicted molar refractivity (Wildman–Crippen MR) is 123 cm³/mol. The standard InChI is InChI=1S/C24H24N4O3S/c1-13-14(2)32-20-11-19(22(26)29)24(28-21(13)20)31-18-8-6-17(7-9-18)27-23(30)16-5-3-4-15(10-16)12-25/h3-5,10-11,17-18H,6-9H2,1-2H3,(H2,26,29)(H,27,30)/t17-,18-. The fraction of sp³-hybridized carbons (Fsp3) is 0.333. The molecule has 0 radical (unpaired) electrons. The number of fused-ring (bicyclic) bond motifs is 1. The van der Waals surface area contributed by atoms with Crippen molar-refractivity contribution in [2.24, 2.45) is 5.73 Å². The molecule has 4 rings (SSSR count). The van der Waals surface area contributed by atoms with Crippen LogP contribution in [0.4, 0.5) is 0 Å². The smallest absolute Gasteiger partial charge is 0.254 e. The second-order valence-electron chi connectivity index (χ2n) is 8.09. The number of nitrogens with zero attached hydrogens (tertiary/aromatic N) is 2. The summed E-state index contributed by atoms with van der Waals surface area (Å²) in [6.07, 6.45) is 2.84. The Morgan fingerprint density at radius 3 is 2.66 bits per heavy atom. The van der Waals surface area contributed by atoms with E-state index in [1.54, 1.807) is 41.7 Å². The molecular weight excluding hydrogens is 424 g/mol. The van der Waals surface area contributed by atoms with Crippen molar-refractivity contribution in [1.29, 1.82) is 5.26 Å². The number of amides is 2. The zero-order valence-corrected chi connectivity index (χ0v) is 18.8. The summed E-state index contributed by atoms with van der Waals surface area (Å²) < 4.78 is 7.06. The van der Waals surface area contributed by atoms with Crippen LogP contribution in [0, 0.1) is 25.2 Å². The van der Waals surface area contributed by atoms with Crippen LogP contribution in [-0.4, -0.2) is 28.9 Å². The molecule has 2 aromatic heterocycles. The minimum atomic E-state index is -0.557. The Hall–Kier alpha value is -3.44. The monoisotopic (exact) mass is 448 g/mol. The molecular formula is C24H24N4O3S. The molecule has 164 valence electrons. The van der Waals surface area contributed by atoms with Crippen LogP contribution in [0.3, 0.4) is 0 Å². The molecule has 0 saturated heterocycles. The Balaban J connectivity index is 1.41. The van der Waals surface area contributed by atoms with E-state index < -0.39 is 5.91 Å². The van der Waals surface area contributed by atoms with Crippen molar-refractivity contribution in [2.45, 2.75) is 51.7 Å². The van der Waals surface area contributed by atoms with E-state index in [2.05, 4.69) is 10.3 Å². The lowest BCUT2D eigenvalue weighted by molar-refractivity contribution is 0.0881. The van der Waals surface area contributed by atoms with Gasteiger partial charge in [-0.05, 0) is 69.4 Å². The van der Waals surface area contributed by atoms with Crippen LogP contribution in [0.1, 0.15) is 62.4 Å². The van der Waals surface area contributed by atoms with Crippen LogP contribution in [0.15, 0.2) is 30.3 Å². The zero-order valence-electron chi connectivity index (χ0n) is 18.0. The van der Waals surface area contributed by atoms with E-state index in [4.69, 9.17) is 15.7 Å². The molecule has 7 nitrogen and oxygen atoms in total. The number of aromatic nitrogens is 1. The van der Waals surface area contributed by atoms with Gasteiger partial charge in [-0.15, -0.1) is 11.3 Å². The Kier molecular flexibility index (Phi) is 6.10. The van der Waals surface area contributed by atoms with Crippen molar-refractivity contribution in [3.63, 3.8) is 0 Å². The molecule has 1 fully saturated rings. The van der Waals surface area contributed by atoms with E-state index >= 15 is 0 Å². The summed E-state index contributed by atoms with van der Waals surface area (Å²) in [6, 6.07) is 10.5. The molecule has 2 amide bonds. The van der Waals surface area contributed by atoms with Gasteiger partial charge < -0.3 is 15.8 Å². The van der Waals surface area contributed by atoms with Crippen molar-refractivity contribution >= 4 is 33.4 Å². The Morgan fingerprint density at radius 2 is 1.97 bits per heavy atom. The lowest BCUT2D eigenvalue weighted by Crippen LogP contribution is -2.39. The van der Waals surface area contributed by atoms with Gasteiger partial charge in [0.1, 0.15) is 11.7 Å². The summed E-state index contributed by atoms with van der Waals surface area (Å²) in [5, 5.41) is 12.1. The topological polar surface area (TPSA) is 118 Å². The van der Waals surface area contributed by atoms with Crippen LogP contribution in [0.2, 0.25) is 0 Å². The molecule has 32 heavy (non-hydrogen) atoms. The maximum absolute atomic E-state index is 12.5. The van der Waals surface area contributed by atoms with Gasteiger partial charge >= 0.3 is 0 Å². The molecule has 8 heteroatoms. The van der Waals surface area contributed by atoms with E-state index in [-0.39, 0.29) is 23.9 Å². The summed E-state index contributed by atoms with van der Waals surface area (Å²) in [7, 11) is 0. The van der Waals surface area contributed by atoms with Gasteiger partial charge in [-0.2, -0.15) is 5.26 Å². The van der Waals surface area contributed by atoms with Crippen LogP contribution >= 0.6 is 11.3 Å². The first-order chi connectivity index (χ1) is 15.4. The van der Waals surface area contributed by atoms with E-state index in [1.807, 2.05) is 19.9 Å². The molecule has 0 spiro atoms. The van der Waals surface area contributed by atoms with Gasteiger partial charge in [0.05, 0.1) is 21.8 Å². The highest BCUT2D eigenvalue weighted by molar-refractivity contribution is 7.19. The van der Waals surface area contributed by atoms with Crippen LogP contribution < -0.4 is 15.8 Å². The number of nitrogens with two attached hydrogens (primary N) is 1. The number of benzene rings is 1. The number of aryl methyl sites for hydroxylation is 2. The molecule has 1 saturated carbocycles. The van der Waals surface area contributed by atoms with Gasteiger partial charge in [0.25, 0.3) is 11.8 Å². The fourth-order valence-corrected chi connectivity index (χ4v) is 5.03. The van der Waals surface area contributed by atoms with E-state index in [9.17, 15) is 9.59 Å². The van der Waals surface area contributed by atoms with E-state index in [1.165, 1.54) is 0 Å². The Labute approximate surface area is 190 Å². The van der Waals surface area contributed by atoms with Gasteiger partial charge in [0.2, 0.25) is 5.88 Å². The highest BCUT2D eigenvalue weighted by Gasteiger charge is 2.26. The number of carbonyl (C=O) groups excluding carboxylic acids is 2. The maximum Gasteiger partial charge on any atom is 0.254 e. The van der Waals surface area contributed by atoms with Crippen molar-refractivity contribution < 1.29 is 14.3 Å². The minimum absolute atomic E-state index is 0.0286. The molecule has 1 aliphatic carbocycles. The first-order valence-corrected chi connectivity index (χ1v) is 11.4. The van der Waals surface area contributed by atoms with Crippen LogP contribution in [0.5, 0.6) is 5.88 Å². The van der Waals surface area contributed by atoms with Crippen molar-refractivity contribution in [3.8, 4) is 11.9 Å². The number of nitriles is 1. The van der Waals surface area contributed by atoms with Gasteiger partial charge in [0, 0.05) is 16.5 Å². The third kappa shape index (κ3) is 4.43. The summed E-state index contributed by atoms with van der Waals surface area (Å²) in [4.78, 5) is 30.3. The number of pyridine rings is 1. The quantitative estimate of drug-likeness (QED) is 0.611. The molecule has 1 aliphatic rings. The average molecular weight is 449 g/mol.